The minimum atomic E-state index is -5.10. The van der Waals surface area contributed by atoms with Crippen molar-refractivity contribution in [3.63, 3.8) is 0 Å². The number of esters is 1. The fraction of sp³-hybridized carbons (Fsp3) is 0.375. The fourth-order valence-electron chi connectivity index (χ4n) is 5.03. The molecule has 0 atom stereocenters. The Kier molecular flexibility index (Phi) is 10.9. The van der Waals surface area contributed by atoms with E-state index in [-0.39, 0.29) is 54.5 Å². The number of rotatable bonds is 9. The van der Waals surface area contributed by atoms with Crippen molar-refractivity contribution in [1.29, 1.82) is 0 Å². The summed E-state index contributed by atoms with van der Waals surface area (Å²) < 4.78 is 104. The van der Waals surface area contributed by atoms with E-state index in [0.29, 0.717) is 12.1 Å². The summed E-state index contributed by atoms with van der Waals surface area (Å²) in [4.78, 5) is 40.9. The number of hydrogen-bond donors (Lipinski definition) is 1. The third-order valence-corrected chi connectivity index (χ3v) is 7.54. The monoisotopic (exact) mass is 758 g/mol. The lowest BCUT2D eigenvalue weighted by Gasteiger charge is -2.29. The van der Waals surface area contributed by atoms with E-state index in [1.807, 2.05) is 0 Å². The van der Waals surface area contributed by atoms with E-state index >= 15 is 0 Å². The Morgan fingerprint density at radius 1 is 0.962 bits per heavy atom. The molecule has 0 spiro atoms. The topological polar surface area (TPSA) is 151 Å². The molecule has 0 aliphatic carbocycles. The molecule has 1 amide bonds. The van der Waals surface area contributed by atoms with Crippen LogP contribution in [-0.2, 0) is 33.2 Å². The van der Waals surface area contributed by atoms with E-state index in [9.17, 15) is 40.7 Å². The van der Waals surface area contributed by atoms with Crippen molar-refractivity contribution >= 4 is 35.3 Å². The molecule has 3 heterocycles. The summed E-state index contributed by atoms with van der Waals surface area (Å²) in [5.74, 6) is -2.93. The van der Waals surface area contributed by atoms with Gasteiger partial charge in [-0.15, -0.1) is 5.10 Å². The molecule has 0 radical (unpaired) electrons. The first kappa shape index (κ1) is 38.1. The molecule has 1 aliphatic rings. The van der Waals surface area contributed by atoms with E-state index in [1.165, 1.54) is 12.1 Å². The zero-order chi connectivity index (χ0) is 38.0. The van der Waals surface area contributed by atoms with Crippen LogP contribution in [0.5, 0.6) is 5.95 Å². The molecular formula is C32H29ClF6N6O7. The molecule has 1 fully saturated rings. The third kappa shape index (κ3) is 9.00. The van der Waals surface area contributed by atoms with Gasteiger partial charge in [0.25, 0.3) is 0 Å². The van der Waals surface area contributed by atoms with Crippen molar-refractivity contribution in [3.05, 3.63) is 75.4 Å². The largest absolute Gasteiger partial charge is 0.444 e. The van der Waals surface area contributed by atoms with Gasteiger partial charge in [0.05, 0.1) is 35.9 Å². The predicted molar refractivity (Wildman–Crippen MR) is 169 cm³/mol. The number of morpholine rings is 1. The Morgan fingerprint density at radius 3 is 2.19 bits per heavy atom. The fourth-order valence-corrected chi connectivity index (χ4v) is 5.26. The normalized spacial score (nSPS) is 13.9. The van der Waals surface area contributed by atoms with E-state index < -0.39 is 82.8 Å². The Labute approximate surface area is 295 Å². The Bertz CT molecular complexity index is 1930. The van der Waals surface area contributed by atoms with E-state index in [2.05, 4.69) is 20.8 Å². The first-order valence-corrected chi connectivity index (χ1v) is 15.7. The van der Waals surface area contributed by atoms with Crippen LogP contribution in [-0.4, -0.2) is 76.4 Å². The average molecular weight is 759 g/mol. The van der Waals surface area contributed by atoms with E-state index in [4.69, 9.17) is 30.3 Å². The third-order valence-electron chi connectivity index (χ3n) is 7.21. The van der Waals surface area contributed by atoms with Crippen molar-refractivity contribution in [2.75, 3.05) is 37.7 Å². The Balaban J connectivity index is 1.57. The lowest BCUT2D eigenvalue weighted by molar-refractivity contribution is -0.143. The van der Waals surface area contributed by atoms with E-state index in [0.717, 1.165) is 4.68 Å². The van der Waals surface area contributed by atoms with Crippen LogP contribution >= 0.6 is 11.6 Å². The van der Waals surface area contributed by atoms with Crippen LogP contribution in [0, 0.1) is 0 Å². The molecule has 1 aliphatic heterocycles. The Morgan fingerprint density at radius 2 is 1.60 bits per heavy atom. The summed E-state index contributed by atoms with van der Waals surface area (Å²) in [7, 11) is 0. The molecule has 13 nitrogen and oxygen atoms in total. The first-order chi connectivity index (χ1) is 24.3. The molecule has 5 rings (SSSR count). The summed E-state index contributed by atoms with van der Waals surface area (Å²) in [6, 6.07) is 7.21. The molecule has 0 saturated carbocycles. The average Bonchev–Trinajstić information content (AvgIpc) is 3.66. The predicted octanol–water partition coefficient (Wildman–Crippen LogP) is 6.17. The van der Waals surface area contributed by atoms with Gasteiger partial charge in [0.15, 0.2) is 11.5 Å². The summed E-state index contributed by atoms with van der Waals surface area (Å²) >= 11 is 6.39. The van der Waals surface area contributed by atoms with Crippen LogP contribution in [0.1, 0.15) is 53.5 Å². The zero-order valence-corrected chi connectivity index (χ0v) is 28.3. The van der Waals surface area contributed by atoms with Crippen LogP contribution in [0.3, 0.4) is 0 Å². The SMILES string of the molecule is CC(C)(C)OC(=O)NCC(=O)Oc1onc(-c2ccccc2Cl)c1C(=O)c1nnn(Cc2cc(C(F)(F)F)cc(C(F)(F)F)c2)c1N1CCOCC1. The molecule has 52 heavy (non-hydrogen) atoms. The maximum atomic E-state index is 14.4. The molecule has 1 saturated heterocycles. The molecule has 278 valence electrons. The molecule has 4 aromatic rings. The highest BCUT2D eigenvalue weighted by Crippen LogP contribution is 2.39. The number of aromatic nitrogens is 4. The number of alkyl halides is 6. The summed E-state index contributed by atoms with van der Waals surface area (Å²) in [6.07, 6.45) is -11.1. The minimum absolute atomic E-state index is 0.00329. The first-order valence-electron chi connectivity index (χ1n) is 15.3. The summed E-state index contributed by atoms with van der Waals surface area (Å²) in [5, 5.41) is 14.1. The maximum Gasteiger partial charge on any atom is 0.416 e. The van der Waals surface area contributed by atoms with Gasteiger partial charge < -0.3 is 29.0 Å². The van der Waals surface area contributed by atoms with Crippen LogP contribution in [0.25, 0.3) is 11.3 Å². The summed E-state index contributed by atoms with van der Waals surface area (Å²) in [6.45, 7) is 3.97. The van der Waals surface area contributed by atoms with Gasteiger partial charge >= 0.3 is 30.4 Å². The lowest BCUT2D eigenvalue weighted by Crippen LogP contribution is -2.38. The number of hydrogen-bond acceptors (Lipinski definition) is 11. The molecule has 2 aromatic carbocycles. The zero-order valence-electron chi connectivity index (χ0n) is 27.5. The number of alkyl carbamates (subject to hydrolysis) is 1. The molecule has 0 bridgehead atoms. The van der Waals surface area contributed by atoms with Crippen molar-refractivity contribution in [2.45, 2.75) is 45.3 Å². The quantitative estimate of drug-likeness (QED) is 0.119. The van der Waals surface area contributed by atoms with Gasteiger partial charge in [-0.05, 0) is 50.6 Å². The lowest BCUT2D eigenvalue weighted by atomic mass is 10.0. The highest BCUT2D eigenvalue weighted by molar-refractivity contribution is 6.33. The van der Waals surface area contributed by atoms with Crippen LogP contribution in [0.4, 0.5) is 37.0 Å². The number of halogens is 7. The molecule has 2 aromatic heterocycles. The number of ether oxygens (including phenoxy) is 3. The number of carbonyl (C=O) groups is 3. The van der Waals surface area contributed by atoms with Crippen molar-refractivity contribution in [3.8, 4) is 17.2 Å². The number of ketones is 1. The number of amides is 1. The van der Waals surface area contributed by atoms with Crippen molar-refractivity contribution in [1.82, 2.24) is 25.5 Å². The van der Waals surface area contributed by atoms with Crippen molar-refractivity contribution in [2.24, 2.45) is 0 Å². The number of nitrogens with zero attached hydrogens (tertiary/aromatic N) is 5. The Hall–Kier alpha value is -5.17. The molecular weight excluding hydrogens is 730 g/mol. The highest BCUT2D eigenvalue weighted by Gasteiger charge is 2.38. The van der Waals surface area contributed by atoms with Gasteiger partial charge in [-0.25, -0.2) is 14.3 Å². The van der Waals surface area contributed by atoms with Crippen LogP contribution in [0.2, 0.25) is 5.02 Å². The van der Waals surface area contributed by atoms with Gasteiger partial charge in [0, 0.05) is 18.7 Å². The highest BCUT2D eigenvalue weighted by atomic mass is 35.5. The number of carbonyl (C=O) groups excluding carboxylic acids is 3. The second kappa shape index (κ2) is 14.8. The number of anilines is 1. The molecule has 0 unspecified atom stereocenters. The summed E-state index contributed by atoms with van der Waals surface area (Å²) in [5.41, 5.74) is -5.34. The van der Waals surface area contributed by atoms with E-state index in [1.54, 1.807) is 37.8 Å². The number of benzene rings is 2. The second-order valence-corrected chi connectivity index (χ2v) is 12.7. The standard InChI is InChI=1S/C32H29ClF6N6O7/c1-30(2,3)51-29(48)40-15-22(46)50-28-23(24(42-52-28)20-6-4-5-7-21(20)33)26(47)25-27(44-8-10-49-11-9-44)45(43-41-25)16-17-12-18(31(34,35)36)14-19(13-17)32(37,38)39/h4-7,12-14H,8-11,15-16H2,1-3H3,(H,40,48). The van der Waals surface area contributed by atoms with Gasteiger partial charge in [-0.2, -0.15) is 26.3 Å². The van der Waals surface area contributed by atoms with Gasteiger partial charge in [0.1, 0.15) is 23.4 Å². The molecule has 20 heteroatoms. The van der Waals surface area contributed by atoms with Gasteiger partial charge in [-0.1, -0.05) is 40.2 Å². The maximum absolute atomic E-state index is 14.4. The smallest absolute Gasteiger partial charge is 0.416 e. The van der Waals surface area contributed by atoms with Crippen molar-refractivity contribution < 1.29 is 59.5 Å². The van der Waals surface area contributed by atoms with Gasteiger partial charge in [-0.3, -0.25) is 4.79 Å². The van der Waals surface area contributed by atoms with Crippen LogP contribution in [0.15, 0.2) is 47.0 Å². The van der Waals surface area contributed by atoms with Gasteiger partial charge in [0.2, 0.25) is 5.78 Å². The molecule has 1 N–H and O–H groups in total. The van der Waals surface area contributed by atoms with Crippen LogP contribution < -0.4 is 15.0 Å². The second-order valence-electron chi connectivity index (χ2n) is 12.3. The number of nitrogens with one attached hydrogen (secondary N) is 1. The minimum Gasteiger partial charge on any atom is -0.444 e.